The molecule has 2 heteroatoms. The van der Waals surface area contributed by atoms with Gasteiger partial charge in [-0.25, -0.2) is 0 Å². The fourth-order valence-corrected chi connectivity index (χ4v) is 2.61. The van der Waals surface area contributed by atoms with E-state index in [4.69, 9.17) is 5.73 Å². The smallest absolute Gasteiger partial charge is 0.0636 e. The van der Waals surface area contributed by atoms with E-state index in [1.165, 1.54) is 25.7 Å². The Labute approximate surface area is 74.1 Å². The zero-order valence-corrected chi connectivity index (χ0v) is 7.63. The first-order valence-corrected chi connectivity index (χ1v) is 5.17. The maximum absolute atomic E-state index is 10.1. The van der Waals surface area contributed by atoms with Crippen molar-refractivity contribution in [1.82, 2.24) is 0 Å². The third-order valence-electron chi connectivity index (χ3n) is 3.70. The predicted molar refractivity (Wildman–Crippen MR) is 48.7 cm³/mol. The standard InChI is InChI=1S/C10H19NO/c11-7-10(5-1-2-6-10)9(12)8-3-4-8/h8-9,12H,1-7,11H2. The van der Waals surface area contributed by atoms with Gasteiger partial charge >= 0.3 is 0 Å². The highest BCUT2D eigenvalue weighted by Crippen LogP contribution is 2.48. The van der Waals surface area contributed by atoms with Crippen LogP contribution in [0.1, 0.15) is 38.5 Å². The highest BCUT2D eigenvalue weighted by molar-refractivity contribution is 4.98. The second-order valence-electron chi connectivity index (χ2n) is 4.56. The van der Waals surface area contributed by atoms with Gasteiger partial charge in [0.1, 0.15) is 0 Å². The van der Waals surface area contributed by atoms with Gasteiger partial charge in [-0.1, -0.05) is 12.8 Å². The first-order valence-electron chi connectivity index (χ1n) is 5.17. The fraction of sp³-hybridized carbons (Fsp3) is 1.00. The van der Waals surface area contributed by atoms with Crippen LogP contribution < -0.4 is 5.73 Å². The van der Waals surface area contributed by atoms with Crippen molar-refractivity contribution >= 4 is 0 Å². The third kappa shape index (κ3) is 1.27. The van der Waals surface area contributed by atoms with Gasteiger partial charge in [-0.2, -0.15) is 0 Å². The van der Waals surface area contributed by atoms with Crippen LogP contribution in [0, 0.1) is 11.3 Å². The molecule has 0 saturated heterocycles. The lowest BCUT2D eigenvalue weighted by Crippen LogP contribution is -2.40. The summed E-state index contributed by atoms with van der Waals surface area (Å²) in [6.07, 6.45) is 7.20. The highest BCUT2D eigenvalue weighted by Gasteiger charge is 2.46. The molecule has 2 rings (SSSR count). The molecule has 0 bridgehead atoms. The van der Waals surface area contributed by atoms with E-state index in [0.717, 1.165) is 12.8 Å². The third-order valence-corrected chi connectivity index (χ3v) is 3.70. The average Bonchev–Trinajstić information content (AvgIpc) is 2.83. The zero-order valence-electron chi connectivity index (χ0n) is 7.63. The Morgan fingerprint density at radius 2 is 1.92 bits per heavy atom. The lowest BCUT2D eigenvalue weighted by molar-refractivity contribution is 0.0173. The van der Waals surface area contributed by atoms with Crippen LogP contribution in [-0.2, 0) is 0 Å². The van der Waals surface area contributed by atoms with E-state index in [2.05, 4.69) is 0 Å². The SMILES string of the molecule is NCC1(C(O)C2CC2)CCCC1. The normalized spacial score (nSPS) is 30.5. The van der Waals surface area contributed by atoms with Crippen molar-refractivity contribution in [2.24, 2.45) is 17.1 Å². The Morgan fingerprint density at radius 3 is 2.33 bits per heavy atom. The van der Waals surface area contributed by atoms with Crippen LogP contribution in [0.2, 0.25) is 0 Å². The molecule has 2 fully saturated rings. The maximum atomic E-state index is 10.1. The molecule has 0 aliphatic heterocycles. The van der Waals surface area contributed by atoms with E-state index < -0.39 is 0 Å². The Kier molecular flexibility index (Phi) is 2.13. The lowest BCUT2D eigenvalue weighted by Gasteiger charge is -2.33. The Bertz CT molecular complexity index is 159. The van der Waals surface area contributed by atoms with Crippen LogP contribution in [0.5, 0.6) is 0 Å². The molecule has 70 valence electrons. The second kappa shape index (κ2) is 3.00. The van der Waals surface area contributed by atoms with E-state index in [1.807, 2.05) is 0 Å². The summed E-state index contributed by atoms with van der Waals surface area (Å²) in [4.78, 5) is 0. The van der Waals surface area contributed by atoms with Gasteiger partial charge < -0.3 is 10.8 Å². The Balaban J connectivity index is 2.03. The number of hydrogen-bond acceptors (Lipinski definition) is 2. The molecule has 3 N–H and O–H groups in total. The van der Waals surface area contributed by atoms with Crippen LogP contribution in [-0.4, -0.2) is 17.8 Å². The molecule has 0 spiro atoms. The minimum atomic E-state index is -0.0926. The van der Waals surface area contributed by atoms with Crippen molar-refractivity contribution in [3.05, 3.63) is 0 Å². The van der Waals surface area contributed by atoms with E-state index in [1.54, 1.807) is 0 Å². The number of nitrogens with two attached hydrogens (primary N) is 1. The largest absolute Gasteiger partial charge is 0.392 e. The molecule has 1 unspecified atom stereocenters. The Morgan fingerprint density at radius 1 is 1.33 bits per heavy atom. The fourth-order valence-electron chi connectivity index (χ4n) is 2.61. The average molecular weight is 169 g/mol. The molecule has 0 heterocycles. The van der Waals surface area contributed by atoms with Crippen LogP contribution in [0.3, 0.4) is 0 Å². The molecule has 0 aromatic heterocycles. The summed E-state index contributed by atoms with van der Waals surface area (Å²) in [5.74, 6) is 0.589. The van der Waals surface area contributed by atoms with Gasteiger partial charge in [0, 0.05) is 12.0 Å². The van der Waals surface area contributed by atoms with Gasteiger partial charge in [0.2, 0.25) is 0 Å². The van der Waals surface area contributed by atoms with Crippen molar-refractivity contribution < 1.29 is 5.11 Å². The zero-order chi connectivity index (χ0) is 8.60. The summed E-state index contributed by atoms with van der Waals surface area (Å²) in [6, 6.07) is 0. The molecular formula is C10H19NO. The molecule has 2 nitrogen and oxygen atoms in total. The molecule has 2 aliphatic rings. The maximum Gasteiger partial charge on any atom is 0.0636 e. The topological polar surface area (TPSA) is 46.2 Å². The van der Waals surface area contributed by atoms with E-state index in [-0.39, 0.29) is 11.5 Å². The summed E-state index contributed by atoms with van der Waals surface area (Å²) in [5, 5.41) is 10.1. The summed E-state index contributed by atoms with van der Waals surface area (Å²) < 4.78 is 0. The lowest BCUT2D eigenvalue weighted by atomic mass is 9.78. The van der Waals surface area contributed by atoms with Gasteiger partial charge in [0.15, 0.2) is 0 Å². The summed E-state index contributed by atoms with van der Waals surface area (Å²) in [7, 11) is 0. The quantitative estimate of drug-likeness (QED) is 0.668. The van der Waals surface area contributed by atoms with E-state index >= 15 is 0 Å². The molecule has 2 aliphatic carbocycles. The first kappa shape index (κ1) is 8.52. The van der Waals surface area contributed by atoms with E-state index in [0.29, 0.717) is 12.5 Å². The second-order valence-corrected chi connectivity index (χ2v) is 4.56. The van der Waals surface area contributed by atoms with Gasteiger partial charge in [0.25, 0.3) is 0 Å². The van der Waals surface area contributed by atoms with Crippen molar-refractivity contribution in [3.8, 4) is 0 Å². The molecule has 1 atom stereocenters. The first-order chi connectivity index (χ1) is 5.78. The van der Waals surface area contributed by atoms with Gasteiger partial charge in [0.05, 0.1) is 6.10 Å². The molecule has 12 heavy (non-hydrogen) atoms. The van der Waals surface area contributed by atoms with Gasteiger partial charge in [-0.3, -0.25) is 0 Å². The molecular weight excluding hydrogens is 150 g/mol. The molecule has 2 saturated carbocycles. The highest BCUT2D eigenvalue weighted by atomic mass is 16.3. The summed E-state index contributed by atoms with van der Waals surface area (Å²) in [5.41, 5.74) is 5.89. The van der Waals surface area contributed by atoms with Crippen molar-refractivity contribution in [3.63, 3.8) is 0 Å². The monoisotopic (exact) mass is 169 g/mol. The van der Waals surface area contributed by atoms with Crippen LogP contribution >= 0.6 is 0 Å². The minimum Gasteiger partial charge on any atom is -0.392 e. The predicted octanol–water partition coefficient (Wildman–Crippen LogP) is 1.28. The van der Waals surface area contributed by atoms with Crippen LogP contribution in [0.15, 0.2) is 0 Å². The Hall–Kier alpha value is -0.0800. The molecule has 0 aromatic rings. The van der Waals surface area contributed by atoms with Gasteiger partial charge in [-0.15, -0.1) is 0 Å². The van der Waals surface area contributed by atoms with Crippen molar-refractivity contribution in [2.75, 3.05) is 6.54 Å². The van der Waals surface area contributed by atoms with E-state index in [9.17, 15) is 5.11 Å². The number of aliphatic hydroxyl groups excluding tert-OH is 1. The van der Waals surface area contributed by atoms with Crippen LogP contribution in [0.25, 0.3) is 0 Å². The number of aliphatic hydroxyl groups is 1. The minimum absolute atomic E-state index is 0.0926. The number of rotatable bonds is 3. The summed E-state index contributed by atoms with van der Waals surface area (Å²) >= 11 is 0. The summed E-state index contributed by atoms with van der Waals surface area (Å²) in [6.45, 7) is 0.685. The van der Waals surface area contributed by atoms with Crippen LogP contribution in [0.4, 0.5) is 0 Å². The molecule has 0 radical (unpaired) electrons. The van der Waals surface area contributed by atoms with Crippen molar-refractivity contribution in [1.29, 1.82) is 0 Å². The van der Waals surface area contributed by atoms with Gasteiger partial charge in [-0.05, 0) is 31.6 Å². The molecule has 0 aromatic carbocycles. The van der Waals surface area contributed by atoms with Crippen molar-refractivity contribution in [2.45, 2.75) is 44.6 Å². The molecule has 0 amide bonds. The number of hydrogen-bond donors (Lipinski definition) is 2.